The predicted octanol–water partition coefficient (Wildman–Crippen LogP) is 0.841. The van der Waals surface area contributed by atoms with Crippen LogP contribution in [-0.4, -0.2) is 31.5 Å². The highest BCUT2D eigenvalue weighted by atomic mass is 16.5. The van der Waals surface area contributed by atoms with Gasteiger partial charge in [0.2, 0.25) is 5.91 Å². The van der Waals surface area contributed by atoms with Gasteiger partial charge in [0.05, 0.1) is 6.61 Å². The van der Waals surface area contributed by atoms with E-state index in [1.54, 1.807) is 13.2 Å². The molecule has 2 amide bonds. The highest BCUT2D eigenvalue weighted by Gasteiger charge is 2.21. The Balaban J connectivity index is 2.01. The SMILES string of the molecule is COCc1ccccc1C(=O)NC1CCC(=O)NC1. The van der Waals surface area contributed by atoms with Crippen molar-refractivity contribution in [1.29, 1.82) is 0 Å². The second-order valence-electron chi connectivity index (χ2n) is 4.60. The Kier molecular flexibility index (Phi) is 4.52. The molecule has 19 heavy (non-hydrogen) atoms. The van der Waals surface area contributed by atoms with Crippen molar-refractivity contribution in [3.05, 3.63) is 35.4 Å². The molecule has 0 aliphatic carbocycles. The van der Waals surface area contributed by atoms with Crippen LogP contribution < -0.4 is 10.6 Å². The van der Waals surface area contributed by atoms with E-state index in [0.29, 0.717) is 31.6 Å². The fourth-order valence-electron chi connectivity index (χ4n) is 2.14. The summed E-state index contributed by atoms with van der Waals surface area (Å²) in [6.45, 7) is 0.905. The molecule has 1 aliphatic rings. The summed E-state index contributed by atoms with van der Waals surface area (Å²) in [5.74, 6) is -0.0703. The molecule has 2 rings (SSSR count). The number of benzene rings is 1. The molecule has 0 bridgehead atoms. The van der Waals surface area contributed by atoms with Gasteiger partial charge >= 0.3 is 0 Å². The highest BCUT2D eigenvalue weighted by Crippen LogP contribution is 2.11. The van der Waals surface area contributed by atoms with Crippen LogP contribution >= 0.6 is 0 Å². The minimum Gasteiger partial charge on any atom is -0.380 e. The van der Waals surface area contributed by atoms with Gasteiger partial charge in [-0.3, -0.25) is 9.59 Å². The van der Waals surface area contributed by atoms with Crippen molar-refractivity contribution in [3.8, 4) is 0 Å². The summed E-state index contributed by atoms with van der Waals surface area (Å²) < 4.78 is 5.09. The molecular formula is C14H18N2O3. The van der Waals surface area contributed by atoms with E-state index in [1.165, 1.54) is 0 Å². The number of carbonyl (C=O) groups is 2. The Morgan fingerprint density at radius 1 is 1.47 bits per heavy atom. The van der Waals surface area contributed by atoms with Crippen LogP contribution in [-0.2, 0) is 16.1 Å². The number of rotatable bonds is 4. The second-order valence-corrected chi connectivity index (χ2v) is 4.60. The second kappa shape index (κ2) is 6.33. The smallest absolute Gasteiger partial charge is 0.251 e. The maximum Gasteiger partial charge on any atom is 0.251 e. The van der Waals surface area contributed by atoms with Gasteiger partial charge in [0.25, 0.3) is 5.91 Å². The van der Waals surface area contributed by atoms with Gasteiger partial charge in [-0.05, 0) is 18.1 Å². The van der Waals surface area contributed by atoms with Crippen molar-refractivity contribution in [2.45, 2.75) is 25.5 Å². The first kappa shape index (κ1) is 13.5. The van der Waals surface area contributed by atoms with Crippen molar-refractivity contribution in [1.82, 2.24) is 10.6 Å². The molecule has 1 aromatic carbocycles. The largest absolute Gasteiger partial charge is 0.380 e. The van der Waals surface area contributed by atoms with Crippen LogP contribution in [0.25, 0.3) is 0 Å². The first-order valence-corrected chi connectivity index (χ1v) is 6.35. The van der Waals surface area contributed by atoms with Gasteiger partial charge in [0.15, 0.2) is 0 Å². The molecule has 2 N–H and O–H groups in total. The Bertz CT molecular complexity index is 464. The Labute approximate surface area is 112 Å². The van der Waals surface area contributed by atoms with E-state index in [1.807, 2.05) is 18.2 Å². The molecule has 5 heteroatoms. The van der Waals surface area contributed by atoms with Gasteiger partial charge < -0.3 is 15.4 Å². The number of piperidine rings is 1. The van der Waals surface area contributed by atoms with Crippen LogP contribution in [0.4, 0.5) is 0 Å². The molecule has 1 atom stereocenters. The first-order chi connectivity index (χ1) is 9.20. The van der Waals surface area contributed by atoms with Crippen molar-refractivity contribution in [2.75, 3.05) is 13.7 Å². The normalized spacial score (nSPS) is 18.8. The minimum absolute atomic E-state index is 0.000742. The molecule has 0 radical (unpaired) electrons. The quantitative estimate of drug-likeness (QED) is 0.845. The van der Waals surface area contributed by atoms with E-state index in [9.17, 15) is 9.59 Å². The molecule has 0 aromatic heterocycles. The summed E-state index contributed by atoms with van der Waals surface area (Å²) in [5, 5.41) is 5.70. The number of ether oxygens (including phenoxy) is 1. The zero-order chi connectivity index (χ0) is 13.7. The van der Waals surface area contributed by atoms with E-state index in [0.717, 1.165) is 5.56 Å². The first-order valence-electron chi connectivity index (χ1n) is 6.35. The van der Waals surface area contributed by atoms with Crippen LogP contribution in [0.15, 0.2) is 24.3 Å². The zero-order valence-electron chi connectivity index (χ0n) is 10.9. The van der Waals surface area contributed by atoms with Gasteiger partial charge in [0, 0.05) is 31.7 Å². The lowest BCUT2D eigenvalue weighted by Gasteiger charge is -2.23. The molecule has 0 saturated carbocycles. The van der Waals surface area contributed by atoms with E-state index >= 15 is 0 Å². The molecule has 1 aromatic rings. The maximum absolute atomic E-state index is 12.2. The molecule has 1 fully saturated rings. The summed E-state index contributed by atoms with van der Waals surface area (Å²) in [7, 11) is 1.60. The monoisotopic (exact) mass is 262 g/mol. The zero-order valence-corrected chi connectivity index (χ0v) is 10.9. The predicted molar refractivity (Wildman–Crippen MR) is 70.7 cm³/mol. The van der Waals surface area contributed by atoms with E-state index in [-0.39, 0.29) is 17.9 Å². The maximum atomic E-state index is 12.2. The summed E-state index contributed by atoms with van der Waals surface area (Å²) in [5.41, 5.74) is 1.49. The fourth-order valence-corrected chi connectivity index (χ4v) is 2.14. The van der Waals surface area contributed by atoms with E-state index in [2.05, 4.69) is 10.6 Å². The average molecular weight is 262 g/mol. The number of methoxy groups -OCH3 is 1. The highest BCUT2D eigenvalue weighted by molar-refractivity contribution is 5.96. The number of hydrogen-bond acceptors (Lipinski definition) is 3. The average Bonchev–Trinajstić information content (AvgIpc) is 2.42. The molecule has 1 unspecified atom stereocenters. The van der Waals surface area contributed by atoms with Crippen molar-refractivity contribution in [3.63, 3.8) is 0 Å². The van der Waals surface area contributed by atoms with Gasteiger partial charge in [-0.1, -0.05) is 18.2 Å². The Morgan fingerprint density at radius 3 is 2.95 bits per heavy atom. The van der Waals surface area contributed by atoms with Crippen molar-refractivity contribution in [2.24, 2.45) is 0 Å². The summed E-state index contributed by atoms with van der Waals surface area (Å²) in [4.78, 5) is 23.3. The lowest BCUT2D eigenvalue weighted by atomic mass is 10.0. The lowest BCUT2D eigenvalue weighted by molar-refractivity contribution is -0.122. The molecule has 102 valence electrons. The number of amides is 2. The molecular weight excluding hydrogens is 244 g/mol. The van der Waals surface area contributed by atoms with Gasteiger partial charge in [-0.2, -0.15) is 0 Å². The van der Waals surface area contributed by atoms with Gasteiger partial charge in [-0.25, -0.2) is 0 Å². The minimum atomic E-state index is -0.117. The molecule has 1 heterocycles. The van der Waals surface area contributed by atoms with Crippen LogP contribution in [0.2, 0.25) is 0 Å². The summed E-state index contributed by atoms with van der Waals surface area (Å²) in [6.07, 6.45) is 1.15. The molecule has 0 spiro atoms. The van der Waals surface area contributed by atoms with Gasteiger partial charge in [-0.15, -0.1) is 0 Å². The summed E-state index contributed by atoms with van der Waals surface area (Å²) >= 11 is 0. The van der Waals surface area contributed by atoms with Crippen molar-refractivity contribution < 1.29 is 14.3 Å². The van der Waals surface area contributed by atoms with Crippen LogP contribution in [0.5, 0.6) is 0 Å². The number of hydrogen-bond donors (Lipinski definition) is 2. The van der Waals surface area contributed by atoms with E-state index < -0.39 is 0 Å². The lowest BCUT2D eigenvalue weighted by Crippen LogP contribution is -2.47. The van der Waals surface area contributed by atoms with Crippen LogP contribution in [0, 0.1) is 0 Å². The number of nitrogens with one attached hydrogen (secondary N) is 2. The summed E-state index contributed by atoms with van der Waals surface area (Å²) in [6, 6.07) is 7.37. The number of carbonyl (C=O) groups excluding carboxylic acids is 2. The van der Waals surface area contributed by atoms with Crippen molar-refractivity contribution >= 4 is 11.8 Å². The standard InChI is InChI=1S/C14H18N2O3/c1-19-9-10-4-2-3-5-12(10)14(18)16-11-6-7-13(17)15-8-11/h2-5,11H,6-9H2,1H3,(H,15,17)(H,16,18). The topological polar surface area (TPSA) is 67.4 Å². The van der Waals surface area contributed by atoms with Crippen LogP contribution in [0.1, 0.15) is 28.8 Å². The third kappa shape index (κ3) is 3.54. The fraction of sp³-hybridized carbons (Fsp3) is 0.429. The Hall–Kier alpha value is -1.88. The van der Waals surface area contributed by atoms with Gasteiger partial charge in [0.1, 0.15) is 0 Å². The van der Waals surface area contributed by atoms with E-state index in [4.69, 9.17) is 4.74 Å². The molecule has 5 nitrogen and oxygen atoms in total. The molecule has 1 saturated heterocycles. The van der Waals surface area contributed by atoms with Crippen LogP contribution in [0.3, 0.4) is 0 Å². The molecule has 1 aliphatic heterocycles. The third-order valence-corrected chi connectivity index (χ3v) is 3.16. The third-order valence-electron chi connectivity index (χ3n) is 3.16. The Morgan fingerprint density at radius 2 is 2.26 bits per heavy atom.